The molecule has 0 aromatic heterocycles. The van der Waals surface area contributed by atoms with Gasteiger partial charge in [-0.1, -0.05) is 32.4 Å². The molecule has 2 amide bonds. The highest BCUT2D eigenvalue weighted by Gasteiger charge is 2.57. The van der Waals surface area contributed by atoms with Crippen LogP contribution in [0.1, 0.15) is 47.0 Å². The number of ether oxygens (including phenoxy) is 1. The molecule has 1 aliphatic heterocycles. The van der Waals surface area contributed by atoms with Crippen molar-refractivity contribution in [1.29, 1.82) is 0 Å². The smallest absolute Gasteiger partial charge is 0.310 e. The first-order valence-corrected chi connectivity index (χ1v) is 10.5. The third-order valence-electron chi connectivity index (χ3n) is 5.86. The molecule has 1 unspecified atom stereocenters. The van der Waals surface area contributed by atoms with E-state index >= 15 is 0 Å². The summed E-state index contributed by atoms with van der Waals surface area (Å²) in [6.07, 6.45) is 6.37. The van der Waals surface area contributed by atoms with Gasteiger partial charge in [-0.2, -0.15) is 0 Å². The maximum Gasteiger partial charge on any atom is 0.310 e. The predicted molar refractivity (Wildman–Crippen MR) is 105 cm³/mol. The molecule has 7 heteroatoms. The molecule has 1 saturated heterocycles. The van der Waals surface area contributed by atoms with Gasteiger partial charge in [-0.15, -0.1) is 0 Å². The first-order valence-electron chi connectivity index (χ1n) is 10.5. The van der Waals surface area contributed by atoms with Crippen LogP contribution in [-0.4, -0.2) is 59.6 Å². The normalized spacial score (nSPS) is 30.1. The van der Waals surface area contributed by atoms with Crippen molar-refractivity contribution in [1.82, 2.24) is 10.2 Å². The minimum atomic E-state index is -0.713. The van der Waals surface area contributed by atoms with Crippen LogP contribution in [-0.2, 0) is 19.1 Å². The molecule has 0 saturated carbocycles. The topological polar surface area (TPSA) is 95.9 Å². The summed E-state index contributed by atoms with van der Waals surface area (Å²) in [7, 11) is 0. The van der Waals surface area contributed by atoms with Crippen LogP contribution in [0.5, 0.6) is 0 Å². The molecule has 2 N–H and O–H groups in total. The van der Waals surface area contributed by atoms with Crippen LogP contribution in [0.15, 0.2) is 12.2 Å². The summed E-state index contributed by atoms with van der Waals surface area (Å²) < 4.78 is 5.26. The molecule has 1 aliphatic carbocycles. The van der Waals surface area contributed by atoms with Gasteiger partial charge in [0.25, 0.3) is 0 Å². The van der Waals surface area contributed by atoms with E-state index in [1.54, 1.807) is 6.92 Å². The molecule has 1 fully saturated rings. The maximum atomic E-state index is 13.2. The molecule has 0 radical (unpaired) electrons. The SMILES string of the molecule is CCCC(C)NC(=O)[C@@H]1[C@H]2C=C[C@@H](CC)[C@@H](C(=O)OCC)[C@H]2C(=O)N1CCO. The van der Waals surface area contributed by atoms with E-state index in [0.717, 1.165) is 12.8 Å². The summed E-state index contributed by atoms with van der Waals surface area (Å²) in [5.74, 6) is -2.57. The van der Waals surface area contributed by atoms with Crippen LogP contribution in [0.2, 0.25) is 0 Å². The lowest BCUT2D eigenvalue weighted by Crippen LogP contribution is -2.50. The Morgan fingerprint density at radius 1 is 1.29 bits per heavy atom. The number of carbonyl (C=O) groups excluding carboxylic acids is 3. The highest BCUT2D eigenvalue weighted by atomic mass is 16.5. The molecule has 6 atom stereocenters. The number of amides is 2. The third kappa shape index (κ3) is 4.40. The number of fused-ring (bicyclic) bond motifs is 1. The monoisotopic (exact) mass is 394 g/mol. The zero-order chi connectivity index (χ0) is 20.8. The number of esters is 1. The van der Waals surface area contributed by atoms with Crippen molar-refractivity contribution in [3.8, 4) is 0 Å². The van der Waals surface area contributed by atoms with Crippen molar-refractivity contribution < 1.29 is 24.2 Å². The van der Waals surface area contributed by atoms with E-state index in [1.807, 2.05) is 26.0 Å². The second kappa shape index (κ2) is 10.0. The van der Waals surface area contributed by atoms with Gasteiger partial charge < -0.3 is 20.1 Å². The van der Waals surface area contributed by atoms with E-state index < -0.39 is 23.8 Å². The molecule has 0 aromatic rings. The number of rotatable bonds is 9. The molecule has 28 heavy (non-hydrogen) atoms. The standard InChI is InChI=1S/C21H34N2O5/c1-5-8-13(4)22-19(25)18-15-10-9-14(6-2)16(21(27)28-7-3)17(15)20(26)23(18)11-12-24/h9-10,13-18,24H,5-8,11-12H2,1-4H3,(H,22,25)/t13?,14-,15+,16-,17+,18+/m1/s1. The summed E-state index contributed by atoms with van der Waals surface area (Å²) in [5.41, 5.74) is 0. The number of carbonyl (C=O) groups is 3. The Morgan fingerprint density at radius 3 is 2.57 bits per heavy atom. The number of aliphatic hydroxyl groups excluding tert-OH is 1. The van der Waals surface area contributed by atoms with Crippen molar-refractivity contribution in [2.45, 2.75) is 59.0 Å². The number of aliphatic hydroxyl groups is 1. The number of likely N-dealkylation sites (tertiary alicyclic amines) is 1. The van der Waals surface area contributed by atoms with Gasteiger partial charge in [-0.3, -0.25) is 14.4 Å². The molecule has 7 nitrogen and oxygen atoms in total. The van der Waals surface area contributed by atoms with Crippen molar-refractivity contribution >= 4 is 17.8 Å². The van der Waals surface area contributed by atoms with Gasteiger partial charge in [-0.05, 0) is 32.6 Å². The second-order valence-corrected chi connectivity index (χ2v) is 7.74. The van der Waals surface area contributed by atoms with Gasteiger partial charge in [0, 0.05) is 18.5 Å². The average Bonchev–Trinajstić information content (AvgIpc) is 2.93. The lowest BCUT2D eigenvalue weighted by atomic mass is 9.69. The fraction of sp³-hybridized carbons (Fsp3) is 0.762. The van der Waals surface area contributed by atoms with Gasteiger partial charge >= 0.3 is 5.97 Å². The van der Waals surface area contributed by atoms with Crippen molar-refractivity contribution in [2.24, 2.45) is 23.7 Å². The van der Waals surface area contributed by atoms with Gasteiger partial charge in [0.15, 0.2) is 0 Å². The molecule has 1 heterocycles. The first kappa shape index (κ1) is 22.4. The van der Waals surface area contributed by atoms with Crippen molar-refractivity contribution in [2.75, 3.05) is 19.8 Å². The first-order chi connectivity index (χ1) is 13.4. The molecule has 0 aromatic carbocycles. The number of β-amino-alcohol motifs (C(OH)–C–C–N with tert-alkyl or cyclic N) is 1. The summed E-state index contributed by atoms with van der Waals surface area (Å²) in [6.45, 7) is 7.81. The molecule has 0 bridgehead atoms. The van der Waals surface area contributed by atoms with Crippen LogP contribution in [0, 0.1) is 23.7 Å². The van der Waals surface area contributed by atoms with E-state index in [4.69, 9.17) is 4.74 Å². The molecular formula is C21H34N2O5. The number of hydrogen-bond acceptors (Lipinski definition) is 5. The predicted octanol–water partition coefficient (Wildman–Crippen LogP) is 1.50. The largest absolute Gasteiger partial charge is 0.466 e. The van der Waals surface area contributed by atoms with Crippen molar-refractivity contribution in [3.63, 3.8) is 0 Å². The lowest BCUT2D eigenvalue weighted by molar-refractivity contribution is -0.155. The lowest BCUT2D eigenvalue weighted by Gasteiger charge is -2.33. The minimum Gasteiger partial charge on any atom is -0.466 e. The third-order valence-corrected chi connectivity index (χ3v) is 5.86. The minimum absolute atomic E-state index is 0.000516. The van der Waals surface area contributed by atoms with Crippen LogP contribution in [0.3, 0.4) is 0 Å². The van der Waals surface area contributed by atoms with Gasteiger partial charge in [0.1, 0.15) is 6.04 Å². The van der Waals surface area contributed by atoms with Gasteiger partial charge in [0.05, 0.1) is 25.0 Å². The number of allylic oxidation sites excluding steroid dienone is 1. The van der Waals surface area contributed by atoms with Crippen LogP contribution < -0.4 is 5.32 Å². The fourth-order valence-corrected chi connectivity index (χ4v) is 4.63. The summed E-state index contributed by atoms with van der Waals surface area (Å²) in [5, 5.41) is 12.5. The molecule has 2 rings (SSSR count). The Bertz CT molecular complexity index is 606. The van der Waals surface area contributed by atoms with E-state index in [1.165, 1.54) is 4.90 Å². The number of nitrogens with zero attached hydrogens (tertiary/aromatic N) is 1. The van der Waals surface area contributed by atoms with Gasteiger partial charge in [-0.25, -0.2) is 0 Å². The maximum absolute atomic E-state index is 13.2. The van der Waals surface area contributed by atoms with E-state index in [-0.39, 0.29) is 49.5 Å². The van der Waals surface area contributed by atoms with E-state index in [0.29, 0.717) is 6.42 Å². The Morgan fingerprint density at radius 2 is 2.00 bits per heavy atom. The highest BCUT2D eigenvalue weighted by Crippen LogP contribution is 2.45. The molecule has 2 aliphatic rings. The van der Waals surface area contributed by atoms with Crippen LogP contribution >= 0.6 is 0 Å². The van der Waals surface area contributed by atoms with Gasteiger partial charge in [0.2, 0.25) is 11.8 Å². The Hall–Kier alpha value is -1.89. The number of hydrogen-bond donors (Lipinski definition) is 2. The molecular weight excluding hydrogens is 360 g/mol. The van der Waals surface area contributed by atoms with Crippen LogP contribution in [0.4, 0.5) is 0 Å². The fourth-order valence-electron chi connectivity index (χ4n) is 4.63. The Balaban J connectivity index is 2.37. The van der Waals surface area contributed by atoms with Crippen LogP contribution in [0.25, 0.3) is 0 Å². The average molecular weight is 395 g/mol. The van der Waals surface area contributed by atoms with E-state index in [9.17, 15) is 19.5 Å². The zero-order valence-corrected chi connectivity index (χ0v) is 17.4. The van der Waals surface area contributed by atoms with Crippen molar-refractivity contribution in [3.05, 3.63) is 12.2 Å². The highest BCUT2D eigenvalue weighted by molar-refractivity contribution is 5.96. The zero-order valence-electron chi connectivity index (χ0n) is 17.4. The summed E-state index contributed by atoms with van der Waals surface area (Å²) in [6, 6.07) is -0.714. The second-order valence-electron chi connectivity index (χ2n) is 7.74. The Kier molecular flexibility index (Phi) is 8.04. The van der Waals surface area contributed by atoms with E-state index in [2.05, 4.69) is 12.2 Å². The summed E-state index contributed by atoms with van der Waals surface area (Å²) in [4.78, 5) is 40.4. The molecule has 158 valence electrons. The molecule has 0 spiro atoms. The Labute approximate surface area is 167 Å². The number of nitrogens with one attached hydrogen (secondary N) is 1. The quantitative estimate of drug-likeness (QED) is 0.456. The summed E-state index contributed by atoms with van der Waals surface area (Å²) >= 11 is 0.